The molecule has 34 heavy (non-hydrogen) atoms. The normalized spacial score (nSPS) is 10.9. The standard InChI is InChI=1S/C25H30N2O5.2ClH/c1-14-7-9-17(10-8-14)22-18(12-26)19(11-25(4,5)6)27-15(2)21(22)23(28)30-13-20-16(3)31-24(29)32-20;;/h7-10H,11-13,26H2,1-6H3;2*1H. The Morgan fingerprint density at radius 1 is 1.06 bits per heavy atom. The molecule has 186 valence electrons. The van der Waals surface area contributed by atoms with Gasteiger partial charge in [-0.2, -0.15) is 0 Å². The molecule has 0 saturated carbocycles. The quantitative estimate of drug-likeness (QED) is 0.437. The van der Waals surface area contributed by atoms with E-state index >= 15 is 0 Å². The minimum Gasteiger partial charge on any atom is -0.454 e. The van der Waals surface area contributed by atoms with Gasteiger partial charge in [0.25, 0.3) is 0 Å². The molecule has 0 aliphatic heterocycles. The first-order chi connectivity index (χ1) is 15.0. The number of carbonyl (C=O) groups is 1. The van der Waals surface area contributed by atoms with E-state index in [0.717, 1.165) is 27.9 Å². The van der Waals surface area contributed by atoms with E-state index in [1.165, 1.54) is 0 Å². The Morgan fingerprint density at radius 3 is 2.18 bits per heavy atom. The molecule has 2 heterocycles. The van der Waals surface area contributed by atoms with Crippen LogP contribution in [0.25, 0.3) is 11.1 Å². The molecular formula is C25H32Cl2N2O5. The fourth-order valence-electron chi connectivity index (χ4n) is 3.67. The molecule has 0 aliphatic carbocycles. The van der Waals surface area contributed by atoms with Crippen molar-refractivity contribution in [1.82, 2.24) is 4.98 Å². The minimum absolute atomic E-state index is 0. The SMILES string of the molecule is Cc1ccc(-c2c(CN)c(CC(C)(C)C)nc(C)c2C(=O)OCc2oc(=O)oc2C)cc1.Cl.Cl. The molecule has 0 amide bonds. The monoisotopic (exact) mass is 510 g/mol. The summed E-state index contributed by atoms with van der Waals surface area (Å²) in [6, 6.07) is 7.93. The van der Waals surface area contributed by atoms with Gasteiger partial charge in [0, 0.05) is 17.8 Å². The number of nitrogens with two attached hydrogens (primary N) is 1. The van der Waals surface area contributed by atoms with Crippen LogP contribution in [-0.4, -0.2) is 11.0 Å². The molecule has 0 aliphatic rings. The lowest BCUT2D eigenvalue weighted by Gasteiger charge is -2.24. The highest BCUT2D eigenvalue weighted by atomic mass is 35.5. The van der Waals surface area contributed by atoms with Crippen molar-refractivity contribution < 1.29 is 18.4 Å². The Labute approximate surface area is 211 Å². The molecule has 7 nitrogen and oxygen atoms in total. The second-order valence-corrected chi connectivity index (χ2v) is 9.19. The first kappa shape index (κ1) is 29.4. The summed E-state index contributed by atoms with van der Waals surface area (Å²) in [5.74, 6) is -0.941. The van der Waals surface area contributed by atoms with E-state index in [4.69, 9.17) is 24.3 Å². The fraction of sp³-hybridized carbons (Fsp3) is 0.400. The Hall–Kier alpha value is -2.61. The van der Waals surface area contributed by atoms with Crippen molar-refractivity contribution in [2.24, 2.45) is 11.1 Å². The molecule has 9 heteroatoms. The van der Waals surface area contributed by atoms with E-state index in [-0.39, 0.29) is 54.9 Å². The van der Waals surface area contributed by atoms with Crippen LogP contribution < -0.4 is 11.6 Å². The van der Waals surface area contributed by atoms with Gasteiger partial charge in [0.15, 0.2) is 18.1 Å². The number of hydrogen-bond acceptors (Lipinski definition) is 7. The second kappa shape index (κ2) is 11.7. The van der Waals surface area contributed by atoms with Crippen LogP contribution in [0.3, 0.4) is 0 Å². The van der Waals surface area contributed by atoms with Gasteiger partial charge in [0.05, 0.1) is 11.3 Å². The van der Waals surface area contributed by atoms with Gasteiger partial charge in [-0.3, -0.25) is 4.98 Å². The van der Waals surface area contributed by atoms with Crippen molar-refractivity contribution in [2.45, 2.75) is 61.1 Å². The highest BCUT2D eigenvalue weighted by molar-refractivity contribution is 5.99. The molecule has 2 aromatic heterocycles. The number of benzene rings is 1. The molecule has 1 aromatic carbocycles. The average Bonchev–Trinajstić information content (AvgIpc) is 3.02. The van der Waals surface area contributed by atoms with E-state index in [1.807, 2.05) is 31.2 Å². The lowest BCUT2D eigenvalue weighted by atomic mass is 9.85. The molecule has 0 bridgehead atoms. The summed E-state index contributed by atoms with van der Waals surface area (Å²) in [6.45, 7) is 11.8. The average molecular weight is 511 g/mol. The minimum atomic E-state index is -0.830. The zero-order valence-electron chi connectivity index (χ0n) is 20.3. The van der Waals surface area contributed by atoms with Gasteiger partial charge in [-0.05, 0) is 43.7 Å². The number of carbonyl (C=O) groups excluding carboxylic acids is 1. The maximum atomic E-state index is 13.2. The predicted octanol–water partition coefficient (Wildman–Crippen LogP) is 5.47. The van der Waals surface area contributed by atoms with Gasteiger partial charge in [-0.25, -0.2) is 9.59 Å². The van der Waals surface area contributed by atoms with Gasteiger partial charge in [0.2, 0.25) is 0 Å². The summed E-state index contributed by atoms with van der Waals surface area (Å²) >= 11 is 0. The van der Waals surface area contributed by atoms with Crippen molar-refractivity contribution in [3.8, 4) is 11.1 Å². The molecule has 0 atom stereocenters. The Kier molecular flexibility index (Phi) is 10.1. The summed E-state index contributed by atoms with van der Waals surface area (Å²) in [7, 11) is 0. The molecule has 2 N–H and O–H groups in total. The van der Waals surface area contributed by atoms with Crippen LogP contribution >= 0.6 is 24.8 Å². The number of halogens is 2. The van der Waals surface area contributed by atoms with Gasteiger partial charge in [0.1, 0.15) is 0 Å². The smallest absolute Gasteiger partial charge is 0.454 e. The molecule has 0 fully saturated rings. The fourth-order valence-corrected chi connectivity index (χ4v) is 3.67. The summed E-state index contributed by atoms with van der Waals surface area (Å²) in [5.41, 5.74) is 11.5. The van der Waals surface area contributed by atoms with Gasteiger partial charge in [-0.15, -0.1) is 24.8 Å². The maximum absolute atomic E-state index is 13.2. The maximum Gasteiger partial charge on any atom is 0.519 e. The number of hydrogen-bond donors (Lipinski definition) is 1. The summed E-state index contributed by atoms with van der Waals surface area (Å²) in [4.78, 5) is 29.3. The zero-order chi connectivity index (χ0) is 23.6. The molecule has 0 spiro atoms. The molecule has 0 radical (unpaired) electrons. The lowest BCUT2D eigenvalue weighted by Crippen LogP contribution is -2.19. The lowest BCUT2D eigenvalue weighted by molar-refractivity contribution is 0.0442. The predicted molar refractivity (Wildman–Crippen MR) is 136 cm³/mol. The van der Waals surface area contributed by atoms with Crippen molar-refractivity contribution in [3.05, 3.63) is 74.5 Å². The molecule has 0 unspecified atom stereocenters. The van der Waals surface area contributed by atoms with Gasteiger partial charge in [-0.1, -0.05) is 50.6 Å². The van der Waals surface area contributed by atoms with Gasteiger partial charge < -0.3 is 19.3 Å². The first-order valence-corrected chi connectivity index (χ1v) is 10.6. The highest BCUT2D eigenvalue weighted by Gasteiger charge is 2.26. The number of rotatable bonds is 6. The number of esters is 1. The van der Waals surface area contributed by atoms with Crippen molar-refractivity contribution >= 4 is 30.8 Å². The number of aromatic nitrogens is 1. The number of ether oxygens (including phenoxy) is 1. The number of nitrogens with zero attached hydrogens (tertiary/aromatic N) is 1. The van der Waals surface area contributed by atoms with Crippen LogP contribution in [-0.2, 0) is 24.3 Å². The largest absolute Gasteiger partial charge is 0.519 e. The van der Waals surface area contributed by atoms with Crippen molar-refractivity contribution in [2.75, 3.05) is 0 Å². The van der Waals surface area contributed by atoms with E-state index in [0.29, 0.717) is 17.7 Å². The molecule has 0 saturated heterocycles. The van der Waals surface area contributed by atoms with Crippen LogP contribution in [0.1, 0.15) is 65.2 Å². The third-order valence-electron chi connectivity index (χ3n) is 5.18. The molecule has 3 rings (SSSR count). The van der Waals surface area contributed by atoms with E-state index in [2.05, 4.69) is 20.8 Å². The van der Waals surface area contributed by atoms with Crippen LogP contribution in [0, 0.1) is 26.2 Å². The van der Waals surface area contributed by atoms with Crippen LogP contribution in [0.4, 0.5) is 0 Å². The highest BCUT2D eigenvalue weighted by Crippen LogP contribution is 2.34. The summed E-state index contributed by atoms with van der Waals surface area (Å²) in [6.07, 6.45) is 0.716. The number of aryl methyl sites for hydroxylation is 3. The zero-order valence-corrected chi connectivity index (χ0v) is 21.9. The summed E-state index contributed by atoms with van der Waals surface area (Å²) in [5, 5.41) is 0. The van der Waals surface area contributed by atoms with E-state index in [1.54, 1.807) is 13.8 Å². The second-order valence-electron chi connectivity index (χ2n) is 9.19. The Bertz CT molecular complexity index is 1190. The van der Waals surface area contributed by atoms with Crippen molar-refractivity contribution in [3.63, 3.8) is 0 Å². The Balaban J connectivity index is 0.00000289. The third-order valence-corrected chi connectivity index (χ3v) is 5.18. The van der Waals surface area contributed by atoms with Crippen molar-refractivity contribution in [1.29, 1.82) is 0 Å². The number of pyridine rings is 1. The Morgan fingerprint density at radius 2 is 1.68 bits per heavy atom. The van der Waals surface area contributed by atoms with Crippen LogP contribution in [0.5, 0.6) is 0 Å². The topological polar surface area (TPSA) is 109 Å². The van der Waals surface area contributed by atoms with Crippen LogP contribution in [0.2, 0.25) is 0 Å². The summed E-state index contributed by atoms with van der Waals surface area (Å²) < 4.78 is 15.3. The molecule has 3 aromatic rings. The third kappa shape index (κ3) is 6.72. The van der Waals surface area contributed by atoms with Gasteiger partial charge >= 0.3 is 11.8 Å². The van der Waals surface area contributed by atoms with E-state index < -0.39 is 11.8 Å². The van der Waals surface area contributed by atoms with E-state index in [9.17, 15) is 9.59 Å². The first-order valence-electron chi connectivity index (χ1n) is 10.6. The van der Waals surface area contributed by atoms with Crippen LogP contribution in [0.15, 0.2) is 37.9 Å². The molecular weight excluding hydrogens is 479 g/mol.